The first kappa shape index (κ1) is 8.88. The van der Waals surface area contributed by atoms with Gasteiger partial charge < -0.3 is 4.90 Å². The highest BCUT2D eigenvalue weighted by Gasteiger charge is 1.58. The van der Waals surface area contributed by atoms with E-state index in [1.165, 1.54) is 0 Å². The molecule has 1 nitrogen and oxygen atoms in total. The van der Waals surface area contributed by atoms with Crippen molar-refractivity contribution in [3.8, 4) is 0 Å². The molecule has 4 radical (unpaired) electrons. The van der Waals surface area contributed by atoms with Crippen molar-refractivity contribution >= 4 is 0 Å². The van der Waals surface area contributed by atoms with Gasteiger partial charge in [-0.3, -0.25) is 0 Å². The summed E-state index contributed by atoms with van der Waals surface area (Å²) >= 11 is 0. The van der Waals surface area contributed by atoms with Gasteiger partial charge in [0, 0.05) is 7.43 Å². The molecule has 0 heterocycles. The van der Waals surface area contributed by atoms with E-state index in [1.54, 1.807) is 0 Å². The van der Waals surface area contributed by atoms with Gasteiger partial charge in [-0.2, -0.15) is 0 Å². The summed E-state index contributed by atoms with van der Waals surface area (Å²) in [6.07, 6.45) is 0. The van der Waals surface area contributed by atoms with E-state index in [0.717, 1.165) is 0 Å². The summed E-state index contributed by atoms with van der Waals surface area (Å²) < 4.78 is 0. The Bertz CT molecular complexity index is 8.36. The highest BCUT2D eigenvalue weighted by molar-refractivity contribution is 4.09. The van der Waals surface area contributed by atoms with E-state index in [2.05, 4.69) is 0 Å². The van der Waals surface area contributed by atoms with Crippen LogP contribution < -0.4 is 0 Å². The van der Waals surface area contributed by atoms with E-state index in [0.29, 0.717) is 0 Å². The minimum atomic E-state index is 0. The quantitative estimate of drug-likeness (QED) is 0.396. The molecular weight excluding hydrogens is 62.1 g/mol. The first-order valence-corrected chi connectivity index (χ1v) is 1.34. The molecule has 0 fully saturated rings. The highest BCUT2D eigenvalue weighted by atomic mass is 15.0. The molecule has 0 aliphatic rings. The SMILES string of the molecule is CN(C)C.[C]. The van der Waals surface area contributed by atoms with Crippen molar-refractivity contribution in [2.24, 2.45) is 0 Å². The van der Waals surface area contributed by atoms with Crippen LogP contribution in [-0.4, -0.2) is 26.0 Å². The van der Waals surface area contributed by atoms with E-state index in [-0.39, 0.29) is 7.43 Å². The standard InChI is InChI=1S/C3H9N.C/c1-4(2)3;/h1-3H3;. The van der Waals surface area contributed by atoms with Crippen molar-refractivity contribution in [2.45, 2.75) is 0 Å². The number of hydrogen-bond donors (Lipinski definition) is 0. The molecule has 0 N–H and O–H groups in total. The summed E-state index contributed by atoms with van der Waals surface area (Å²) in [7, 11) is 6.00. The summed E-state index contributed by atoms with van der Waals surface area (Å²) in [6, 6.07) is 0. The molecule has 30 valence electrons. The Morgan fingerprint density at radius 1 is 1.00 bits per heavy atom. The predicted molar refractivity (Wildman–Crippen MR) is 22.9 cm³/mol. The second-order valence-electron chi connectivity index (χ2n) is 1.34. The summed E-state index contributed by atoms with van der Waals surface area (Å²) in [6.45, 7) is 0. The average molecular weight is 71.1 g/mol. The van der Waals surface area contributed by atoms with Gasteiger partial charge in [-0.05, 0) is 21.1 Å². The van der Waals surface area contributed by atoms with Gasteiger partial charge in [-0.1, -0.05) is 0 Å². The van der Waals surface area contributed by atoms with Crippen LogP contribution in [-0.2, 0) is 0 Å². The number of rotatable bonds is 0. The summed E-state index contributed by atoms with van der Waals surface area (Å²) in [5.74, 6) is 0. The van der Waals surface area contributed by atoms with Gasteiger partial charge in [0.05, 0.1) is 0 Å². The molecule has 1 heteroatoms. The molecule has 0 atom stereocenters. The Morgan fingerprint density at radius 2 is 1.00 bits per heavy atom. The monoisotopic (exact) mass is 71.1 g/mol. The lowest BCUT2D eigenvalue weighted by Crippen LogP contribution is -1.99. The maximum Gasteiger partial charge on any atom is 0 e. The van der Waals surface area contributed by atoms with Crippen molar-refractivity contribution < 1.29 is 0 Å². The van der Waals surface area contributed by atoms with Crippen molar-refractivity contribution in [1.29, 1.82) is 0 Å². The zero-order valence-electron chi connectivity index (χ0n) is 3.95. The largest absolute Gasteiger partial charge is 0.312 e. The van der Waals surface area contributed by atoms with Crippen LogP contribution in [0.3, 0.4) is 0 Å². The van der Waals surface area contributed by atoms with Crippen molar-refractivity contribution in [3.05, 3.63) is 7.43 Å². The zero-order valence-corrected chi connectivity index (χ0v) is 3.95. The molecule has 0 spiro atoms. The van der Waals surface area contributed by atoms with Gasteiger partial charge in [-0.15, -0.1) is 0 Å². The summed E-state index contributed by atoms with van der Waals surface area (Å²) in [4.78, 5) is 2.00. The molecule has 0 amide bonds. The highest BCUT2D eigenvalue weighted by Crippen LogP contribution is 1.47. The number of hydrogen-bond acceptors (Lipinski definition) is 1. The van der Waals surface area contributed by atoms with E-state index in [4.69, 9.17) is 0 Å². The van der Waals surface area contributed by atoms with Crippen LogP contribution in [0.1, 0.15) is 0 Å². The molecule has 0 aromatic heterocycles. The van der Waals surface area contributed by atoms with Gasteiger partial charge in [0.25, 0.3) is 0 Å². The fourth-order valence-electron chi connectivity index (χ4n) is 0. The lowest BCUT2D eigenvalue weighted by Gasteiger charge is -1.90. The minimum Gasteiger partial charge on any atom is -0.312 e. The van der Waals surface area contributed by atoms with Gasteiger partial charge in [0.15, 0.2) is 0 Å². The topological polar surface area (TPSA) is 3.24 Å². The molecule has 0 bridgehead atoms. The Balaban J connectivity index is 0. The Labute approximate surface area is 34.6 Å². The maximum absolute atomic E-state index is 2.00. The Kier molecular flexibility index (Phi) is 7.03. The third-order valence-electron chi connectivity index (χ3n) is 0. The third-order valence-corrected chi connectivity index (χ3v) is 0. The second kappa shape index (κ2) is 3.96. The molecule has 0 unspecified atom stereocenters. The normalized spacial score (nSPS) is 7.20. The molecule has 5 heavy (non-hydrogen) atoms. The van der Waals surface area contributed by atoms with Crippen LogP contribution in [0, 0.1) is 7.43 Å². The Morgan fingerprint density at radius 3 is 1.00 bits per heavy atom. The minimum absolute atomic E-state index is 0. The lowest BCUT2D eigenvalue weighted by atomic mass is 11.0. The fourth-order valence-corrected chi connectivity index (χ4v) is 0. The molecule has 0 aliphatic heterocycles. The average Bonchev–Trinajstić information content (AvgIpc) is 0.811. The van der Waals surface area contributed by atoms with Crippen LogP contribution in [0.4, 0.5) is 0 Å². The predicted octanol–water partition coefficient (Wildman–Crippen LogP) is 0.259. The van der Waals surface area contributed by atoms with Crippen molar-refractivity contribution in [2.75, 3.05) is 21.1 Å². The molecule has 0 rings (SSSR count). The van der Waals surface area contributed by atoms with Crippen LogP contribution in [0.2, 0.25) is 0 Å². The van der Waals surface area contributed by atoms with Gasteiger partial charge in [0.1, 0.15) is 0 Å². The second-order valence-corrected chi connectivity index (χ2v) is 1.34. The third kappa shape index (κ3) is 9510. The lowest BCUT2D eigenvalue weighted by molar-refractivity contribution is 0.505. The van der Waals surface area contributed by atoms with Crippen LogP contribution >= 0.6 is 0 Å². The molecule has 0 saturated carbocycles. The zero-order chi connectivity index (χ0) is 3.58. The van der Waals surface area contributed by atoms with E-state index in [1.807, 2.05) is 26.0 Å². The summed E-state index contributed by atoms with van der Waals surface area (Å²) in [5.41, 5.74) is 0. The Hall–Kier alpha value is -0.0400. The first-order valence-electron chi connectivity index (χ1n) is 1.34. The van der Waals surface area contributed by atoms with Gasteiger partial charge >= 0.3 is 0 Å². The van der Waals surface area contributed by atoms with Gasteiger partial charge in [-0.25, -0.2) is 0 Å². The molecule has 0 aromatic carbocycles. The molecule has 0 aromatic rings. The molecular formula is C4H9N. The number of nitrogens with zero attached hydrogens (tertiary/aromatic N) is 1. The van der Waals surface area contributed by atoms with Crippen molar-refractivity contribution in [3.63, 3.8) is 0 Å². The van der Waals surface area contributed by atoms with E-state index in [9.17, 15) is 0 Å². The van der Waals surface area contributed by atoms with E-state index < -0.39 is 0 Å². The van der Waals surface area contributed by atoms with Crippen LogP contribution in [0.25, 0.3) is 0 Å². The summed E-state index contributed by atoms with van der Waals surface area (Å²) in [5, 5.41) is 0. The fraction of sp³-hybridized carbons (Fsp3) is 0.750. The van der Waals surface area contributed by atoms with Crippen molar-refractivity contribution in [1.82, 2.24) is 4.90 Å². The maximum atomic E-state index is 2.00. The van der Waals surface area contributed by atoms with Crippen LogP contribution in [0.15, 0.2) is 0 Å². The van der Waals surface area contributed by atoms with Crippen LogP contribution in [0.5, 0.6) is 0 Å². The smallest absolute Gasteiger partial charge is 0 e. The first-order chi connectivity index (χ1) is 1.73. The van der Waals surface area contributed by atoms with Gasteiger partial charge in [0.2, 0.25) is 0 Å². The molecule has 0 saturated heterocycles. The van der Waals surface area contributed by atoms with E-state index >= 15 is 0 Å². The molecule has 0 aliphatic carbocycles.